The minimum absolute atomic E-state index is 0.0306. The summed E-state index contributed by atoms with van der Waals surface area (Å²) < 4.78 is 25.4. The van der Waals surface area contributed by atoms with E-state index in [4.69, 9.17) is 0 Å². The molecule has 25 heavy (non-hydrogen) atoms. The van der Waals surface area contributed by atoms with Gasteiger partial charge < -0.3 is 5.32 Å². The van der Waals surface area contributed by atoms with E-state index in [1.165, 1.54) is 17.5 Å². The first-order chi connectivity index (χ1) is 12.0. The van der Waals surface area contributed by atoms with Crippen LogP contribution in [0.2, 0.25) is 0 Å². The molecule has 7 heteroatoms. The Balaban J connectivity index is 1.53. The van der Waals surface area contributed by atoms with Crippen LogP contribution in [0.1, 0.15) is 16.7 Å². The van der Waals surface area contributed by atoms with E-state index in [2.05, 4.69) is 16.1 Å². The minimum atomic E-state index is -3.27. The number of fused-ring (bicyclic) bond motifs is 1. The van der Waals surface area contributed by atoms with Crippen molar-refractivity contribution in [2.75, 3.05) is 7.05 Å². The molecule has 2 N–H and O–H groups in total. The van der Waals surface area contributed by atoms with Crippen molar-refractivity contribution in [3.05, 3.63) is 65.2 Å². The van der Waals surface area contributed by atoms with Crippen LogP contribution in [0.15, 0.2) is 53.4 Å². The van der Waals surface area contributed by atoms with Gasteiger partial charge in [0.05, 0.1) is 11.0 Å². The Labute approximate surface area is 152 Å². The fraction of sp³-hybridized carbons (Fsp3) is 0.278. The van der Waals surface area contributed by atoms with Crippen LogP contribution in [0, 0.1) is 0 Å². The molecule has 2 aromatic rings. The molecule has 2 aromatic carbocycles. The zero-order valence-corrected chi connectivity index (χ0v) is 15.5. The lowest BCUT2D eigenvalue weighted by molar-refractivity contribution is -0.120. The highest BCUT2D eigenvalue weighted by Gasteiger charge is 2.27. The molecule has 0 aromatic heterocycles. The number of amides is 1. The van der Waals surface area contributed by atoms with Gasteiger partial charge in [-0.15, -0.1) is 11.8 Å². The zero-order chi connectivity index (χ0) is 17.9. The highest BCUT2D eigenvalue weighted by atomic mass is 32.2. The number of thioether (sulfide) groups is 1. The second-order valence-electron chi connectivity index (χ2n) is 5.92. The maximum absolute atomic E-state index is 12.4. The van der Waals surface area contributed by atoms with Crippen LogP contribution in [0.3, 0.4) is 0 Å². The van der Waals surface area contributed by atoms with Crippen molar-refractivity contribution in [1.82, 2.24) is 10.0 Å². The van der Waals surface area contributed by atoms with Crippen molar-refractivity contribution in [2.45, 2.75) is 28.9 Å². The van der Waals surface area contributed by atoms with E-state index in [1.807, 2.05) is 30.3 Å². The average Bonchev–Trinajstić information content (AvgIpc) is 3.05. The fourth-order valence-corrected chi connectivity index (χ4v) is 4.67. The number of sulfonamides is 1. The van der Waals surface area contributed by atoms with E-state index in [-0.39, 0.29) is 16.9 Å². The SMILES string of the molecule is CNS(=O)(=O)Cc1ccc(CNC(=O)C2Cc3ccccc3S2)cc1. The molecular formula is C18H20N2O3S2. The van der Waals surface area contributed by atoms with Gasteiger partial charge >= 0.3 is 0 Å². The fourth-order valence-electron chi connectivity index (χ4n) is 2.68. The highest BCUT2D eigenvalue weighted by molar-refractivity contribution is 8.01. The average molecular weight is 377 g/mol. The largest absolute Gasteiger partial charge is 0.351 e. The molecule has 0 saturated carbocycles. The highest BCUT2D eigenvalue weighted by Crippen LogP contribution is 2.36. The number of carbonyl (C=O) groups is 1. The summed E-state index contributed by atoms with van der Waals surface area (Å²) in [5, 5.41) is 2.88. The maximum Gasteiger partial charge on any atom is 0.234 e. The van der Waals surface area contributed by atoms with Crippen LogP contribution in [0.5, 0.6) is 0 Å². The number of carbonyl (C=O) groups excluding carboxylic acids is 1. The summed E-state index contributed by atoms with van der Waals surface area (Å²) >= 11 is 1.61. The van der Waals surface area contributed by atoms with Gasteiger partial charge in [0.25, 0.3) is 0 Å². The Morgan fingerprint density at radius 2 is 1.80 bits per heavy atom. The standard InChI is InChI=1S/C18H20N2O3S2/c1-19-25(22,23)12-14-8-6-13(7-9-14)11-20-18(21)17-10-15-4-2-3-5-16(15)24-17/h2-9,17,19H,10-12H2,1H3,(H,20,21). The molecule has 1 unspecified atom stereocenters. The van der Waals surface area contributed by atoms with Crippen molar-refractivity contribution in [2.24, 2.45) is 0 Å². The van der Waals surface area contributed by atoms with Crippen LogP contribution >= 0.6 is 11.8 Å². The van der Waals surface area contributed by atoms with Crippen molar-refractivity contribution < 1.29 is 13.2 Å². The molecule has 0 bridgehead atoms. The van der Waals surface area contributed by atoms with Gasteiger partial charge in [-0.1, -0.05) is 42.5 Å². The number of nitrogens with one attached hydrogen (secondary N) is 2. The van der Waals surface area contributed by atoms with Crippen LogP contribution in [-0.2, 0) is 33.5 Å². The molecule has 132 valence electrons. The summed E-state index contributed by atoms with van der Waals surface area (Å²) in [4.78, 5) is 13.5. The molecule has 1 aliphatic rings. The lowest BCUT2D eigenvalue weighted by atomic mass is 10.1. The molecule has 0 saturated heterocycles. The predicted octanol–water partition coefficient (Wildman–Crippen LogP) is 2.07. The minimum Gasteiger partial charge on any atom is -0.351 e. The summed E-state index contributed by atoms with van der Waals surface area (Å²) in [6, 6.07) is 15.3. The second-order valence-corrected chi connectivity index (χ2v) is 9.09. The quantitative estimate of drug-likeness (QED) is 0.809. The van der Waals surface area contributed by atoms with Gasteiger partial charge in [-0.05, 0) is 36.2 Å². The molecule has 3 rings (SSSR count). The van der Waals surface area contributed by atoms with E-state index >= 15 is 0 Å². The first-order valence-corrected chi connectivity index (χ1v) is 10.5. The van der Waals surface area contributed by atoms with Gasteiger partial charge in [0.15, 0.2) is 0 Å². The first kappa shape index (κ1) is 18.0. The number of hydrogen-bond acceptors (Lipinski definition) is 4. The van der Waals surface area contributed by atoms with Gasteiger partial charge in [-0.2, -0.15) is 0 Å². The van der Waals surface area contributed by atoms with Gasteiger partial charge in [-0.3, -0.25) is 4.79 Å². The number of rotatable bonds is 6. The first-order valence-electron chi connectivity index (χ1n) is 7.98. The molecule has 0 spiro atoms. The molecule has 0 aliphatic carbocycles. The molecule has 5 nitrogen and oxygen atoms in total. The molecule has 1 atom stereocenters. The summed E-state index contributed by atoms with van der Waals surface area (Å²) in [6.45, 7) is 0.436. The third-order valence-corrected chi connectivity index (χ3v) is 6.75. The number of benzene rings is 2. The summed E-state index contributed by atoms with van der Waals surface area (Å²) in [6.07, 6.45) is 0.757. The Morgan fingerprint density at radius 3 is 2.48 bits per heavy atom. The maximum atomic E-state index is 12.4. The summed E-state index contributed by atoms with van der Waals surface area (Å²) in [7, 11) is -1.87. The van der Waals surface area contributed by atoms with Crippen LogP contribution < -0.4 is 10.0 Å². The predicted molar refractivity (Wildman–Crippen MR) is 99.8 cm³/mol. The van der Waals surface area contributed by atoms with Crippen LogP contribution in [0.25, 0.3) is 0 Å². The zero-order valence-electron chi connectivity index (χ0n) is 13.9. The lowest BCUT2D eigenvalue weighted by Gasteiger charge is -2.10. The third kappa shape index (κ3) is 4.62. The Kier molecular flexibility index (Phi) is 5.46. The van der Waals surface area contributed by atoms with E-state index in [0.717, 1.165) is 12.0 Å². The van der Waals surface area contributed by atoms with Crippen LogP contribution in [0.4, 0.5) is 0 Å². The monoisotopic (exact) mass is 376 g/mol. The molecular weight excluding hydrogens is 356 g/mol. The normalized spacial score (nSPS) is 16.4. The summed E-state index contributed by atoms with van der Waals surface area (Å²) in [5.41, 5.74) is 2.88. The molecule has 0 radical (unpaired) electrons. The van der Waals surface area contributed by atoms with E-state index in [1.54, 1.807) is 23.9 Å². The van der Waals surface area contributed by atoms with Gasteiger partial charge in [-0.25, -0.2) is 13.1 Å². The van der Waals surface area contributed by atoms with Crippen molar-refractivity contribution in [3.8, 4) is 0 Å². The second kappa shape index (κ2) is 7.59. The van der Waals surface area contributed by atoms with E-state index in [9.17, 15) is 13.2 Å². The molecule has 1 amide bonds. The molecule has 1 heterocycles. The molecule has 0 fully saturated rings. The van der Waals surface area contributed by atoms with Gasteiger partial charge in [0, 0.05) is 11.4 Å². The van der Waals surface area contributed by atoms with E-state index in [0.29, 0.717) is 12.1 Å². The van der Waals surface area contributed by atoms with E-state index < -0.39 is 10.0 Å². The topological polar surface area (TPSA) is 75.3 Å². The Bertz CT molecular complexity index is 839. The van der Waals surface area contributed by atoms with Crippen molar-refractivity contribution in [3.63, 3.8) is 0 Å². The molecule has 1 aliphatic heterocycles. The van der Waals surface area contributed by atoms with Gasteiger partial charge in [0.2, 0.25) is 15.9 Å². The third-order valence-electron chi connectivity index (χ3n) is 4.10. The Hall–Kier alpha value is -1.83. The van der Waals surface area contributed by atoms with Crippen molar-refractivity contribution in [1.29, 1.82) is 0 Å². The lowest BCUT2D eigenvalue weighted by Crippen LogP contribution is -2.31. The number of hydrogen-bond donors (Lipinski definition) is 2. The smallest absolute Gasteiger partial charge is 0.234 e. The van der Waals surface area contributed by atoms with Gasteiger partial charge in [0.1, 0.15) is 0 Å². The van der Waals surface area contributed by atoms with Crippen molar-refractivity contribution >= 4 is 27.7 Å². The Morgan fingerprint density at radius 1 is 1.12 bits per heavy atom. The summed E-state index contributed by atoms with van der Waals surface area (Å²) in [5.74, 6) is -0.0179. The van der Waals surface area contributed by atoms with Crippen LogP contribution in [-0.4, -0.2) is 26.6 Å².